The number of nitrogens with zero attached hydrogens (tertiary/aromatic N) is 3. The van der Waals surface area contributed by atoms with Gasteiger partial charge < -0.3 is 15.0 Å². The maximum absolute atomic E-state index is 12.0. The molecule has 3 heterocycles. The predicted octanol–water partition coefficient (Wildman–Crippen LogP) is -1.12. The average Bonchev–Trinajstić information content (AvgIpc) is 3.10. The summed E-state index contributed by atoms with van der Waals surface area (Å²) < 4.78 is 1.57. The molecule has 8 heteroatoms. The molecular formula is C13H20N5O2S+. The summed E-state index contributed by atoms with van der Waals surface area (Å²) in [6.45, 7) is 3.94. The molecule has 2 aromatic heterocycles. The zero-order chi connectivity index (χ0) is 14.7. The van der Waals surface area contributed by atoms with Crippen molar-refractivity contribution < 1.29 is 10.0 Å². The summed E-state index contributed by atoms with van der Waals surface area (Å²) in [5.41, 5.74) is 0.379. The summed E-state index contributed by atoms with van der Waals surface area (Å²) in [6.07, 6.45) is 4.14. The molecular weight excluding hydrogens is 290 g/mol. The van der Waals surface area contributed by atoms with Crippen molar-refractivity contribution in [3.8, 4) is 0 Å². The van der Waals surface area contributed by atoms with Crippen LogP contribution in [0, 0.1) is 0 Å². The van der Waals surface area contributed by atoms with Gasteiger partial charge in [0.05, 0.1) is 44.7 Å². The van der Waals surface area contributed by atoms with E-state index in [1.807, 2.05) is 0 Å². The molecule has 1 aliphatic rings. The number of aliphatic hydroxyl groups excluding tert-OH is 1. The number of likely N-dealkylation sites (tertiary alicyclic amines) is 1. The summed E-state index contributed by atoms with van der Waals surface area (Å²) in [7, 11) is 0. The molecule has 1 aliphatic heterocycles. The molecule has 0 saturated carbocycles. The fourth-order valence-corrected chi connectivity index (χ4v) is 3.59. The van der Waals surface area contributed by atoms with E-state index in [2.05, 4.69) is 15.1 Å². The Hall–Kier alpha value is -1.38. The fourth-order valence-electron chi connectivity index (χ4n) is 2.69. The van der Waals surface area contributed by atoms with Crippen molar-refractivity contribution >= 4 is 22.8 Å². The highest BCUT2D eigenvalue weighted by Crippen LogP contribution is 2.13. The molecule has 0 unspecified atom stereocenters. The van der Waals surface area contributed by atoms with Gasteiger partial charge in [-0.15, -0.1) is 0 Å². The van der Waals surface area contributed by atoms with Gasteiger partial charge in [-0.25, -0.2) is 9.67 Å². The summed E-state index contributed by atoms with van der Waals surface area (Å²) in [4.78, 5) is 20.9. The molecule has 0 aliphatic carbocycles. The van der Waals surface area contributed by atoms with Crippen LogP contribution < -0.4 is 10.5 Å². The molecule has 0 aromatic carbocycles. The van der Waals surface area contributed by atoms with Gasteiger partial charge in [0.15, 0.2) is 10.8 Å². The number of thioether (sulfide) groups is 1. The molecule has 3 rings (SSSR count). The molecule has 0 amide bonds. The maximum Gasteiger partial charge on any atom is 0.262 e. The van der Waals surface area contributed by atoms with Gasteiger partial charge in [-0.1, -0.05) is 11.8 Å². The summed E-state index contributed by atoms with van der Waals surface area (Å²) in [6, 6.07) is 0. The molecule has 0 bridgehead atoms. The van der Waals surface area contributed by atoms with Gasteiger partial charge in [0, 0.05) is 12.8 Å². The number of hydrogen-bond donors (Lipinski definition) is 3. The average molecular weight is 310 g/mol. The summed E-state index contributed by atoms with van der Waals surface area (Å²) in [5.74, 6) is 0.942. The number of fused-ring (bicyclic) bond motifs is 1. The Balaban J connectivity index is 1.72. The first-order valence-electron chi connectivity index (χ1n) is 7.31. The first-order chi connectivity index (χ1) is 10.3. The maximum atomic E-state index is 12.0. The number of aromatic amines is 1. The Labute approximate surface area is 126 Å². The molecule has 7 nitrogen and oxygen atoms in total. The second-order valence-electron chi connectivity index (χ2n) is 5.26. The van der Waals surface area contributed by atoms with Crippen LogP contribution in [0.4, 0.5) is 0 Å². The number of rotatable bonds is 6. The minimum Gasteiger partial charge on any atom is -0.394 e. The molecule has 21 heavy (non-hydrogen) atoms. The van der Waals surface area contributed by atoms with Crippen molar-refractivity contribution in [3.05, 3.63) is 16.6 Å². The molecule has 1 fully saturated rings. The van der Waals surface area contributed by atoms with Crippen LogP contribution >= 0.6 is 11.8 Å². The van der Waals surface area contributed by atoms with Crippen molar-refractivity contribution in [2.24, 2.45) is 0 Å². The van der Waals surface area contributed by atoms with Crippen LogP contribution in [-0.4, -0.2) is 56.8 Å². The van der Waals surface area contributed by atoms with E-state index in [1.54, 1.807) is 21.3 Å². The Kier molecular flexibility index (Phi) is 4.57. The number of aromatic nitrogens is 4. The zero-order valence-electron chi connectivity index (χ0n) is 11.8. The lowest BCUT2D eigenvalue weighted by molar-refractivity contribution is -0.884. The van der Waals surface area contributed by atoms with E-state index in [9.17, 15) is 4.79 Å². The topological polar surface area (TPSA) is 88.2 Å². The quantitative estimate of drug-likeness (QED) is 0.465. The lowest BCUT2D eigenvalue weighted by atomic mass is 10.4. The van der Waals surface area contributed by atoms with E-state index < -0.39 is 0 Å². The predicted molar refractivity (Wildman–Crippen MR) is 80.8 cm³/mol. The van der Waals surface area contributed by atoms with Crippen LogP contribution in [0.15, 0.2) is 16.1 Å². The Bertz CT molecular complexity index is 662. The minimum atomic E-state index is -0.166. The minimum absolute atomic E-state index is 0.0218. The van der Waals surface area contributed by atoms with Gasteiger partial charge in [0.1, 0.15) is 5.39 Å². The SMILES string of the molecule is O=c1[nH]c(SCC[NH+]2CCCC2)nc2c1cnn2CCO. The zero-order valence-corrected chi connectivity index (χ0v) is 12.7. The monoisotopic (exact) mass is 310 g/mol. The third kappa shape index (κ3) is 3.28. The normalized spacial score (nSPS) is 16.0. The molecule has 2 aromatic rings. The first-order valence-corrected chi connectivity index (χ1v) is 8.29. The van der Waals surface area contributed by atoms with Crippen molar-refractivity contribution in [3.63, 3.8) is 0 Å². The molecule has 0 atom stereocenters. The Morgan fingerprint density at radius 3 is 3.00 bits per heavy atom. The van der Waals surface area contributed by atoms with Crippen molar-refractivity contribution in [1.82, 2.24) is 19.7 Å². The van der Waals surface area contributed by atoms with E-state index in [4.69, 9.17) is 5.11 Å². The standard InChI is InChI=1S/C13H19N5O2S/c19-7-5-18-11-10(9-14-18)12(20)16-13(15-11)21-8-6-17-3-1-2-4-17/h9,19H,1-8H2,(H,15,16,20)/p+1. The molecule has 1 saturated heterocycles. The second kappa shape index (κ2) is 6.59. The third-order valence-electron chi connectivity index (χ3n) is 3.80. The number of quaternary nitrogens is 1. The van der Waals surface area contributed by atoms with Crippen molar-refractivity contribution in [2.75, 3.05) is 32.0 Å². The lowest BCUT2D eigenvalue weighted by Gasteiger charge is -2.10. The van der Waals surface area contributed by atoms with Crippen molar-refractivity contribution in [2.45, 2.75) is 24.5 Å². The molecule has 114 valence electrons. The first kappa shape index (κ1) is 14.6. The summed E-state index contributed by atoms with van der Waals surface area (Å²) >= 11 is 1.58. The van der Waals surface area contributed by atoms with Crippen LogP contribution in [0.2, 0.25) is 0 Å². The van der Waals surface area contributed by atoms with Gasteiger partial charge >= 0.3 is 0 Å². The molecule has 0 radical (unpaired) electrons. The highest BCUT2D eigenvalue weighted by Gasteiger charge is 2.15. The highest BCUT2D eigenvalue weighted by molar-refractivity contribution is 7.99. The van der Waals surface area contributed by atoms with Gasteiger partial charge in [-0.3, -0.25) is 4.79 Å². The number of nitrogens with one attached hydrogen (secondary N) is 2. The summed E-state index contributed by atoms with van der Waals surface area (Å²) in [5, 5.41) is 14.2. The van der Waals surface area contributed by atoms with E-state index in [0.717, 1.165) is 12.3 Å². The van der Waals surface area contributed by atoms with E-state index in [-0.39, 0.29) is 12.2 Å². The van der Waals surface area contributed by atoms with Crippen LogP contribution in [0.25, 0.3) is 11.0 Å². The number of H-pyrrole nitrogens is 1. The highest BCUT2D eigenvalue weighted by atomic mass is 32.2. The van der Waals surface area contributed by atoms with E-state index >= 15 is 0 Å². The molecule has 0 spiro atoms. The Morgan fingerprint density at radius 2 is 2.24 bits per heavy atom. The van der Waals surface area contributed by atoms with Crippen LogP contribution in [0.1, 0.15) is 12.8 Å². The van der Waals surface area contributed by atoms with Gasteiger partial charge in [-0.2, -0.15) is 5.10 Å². The third-order valence-corrected chi connectivity index (χ3v) is 4.68. The smallest absolute Gasteiger partial charge is 0.262 e. The van der Waals surface area contributed by atoms with Gasteiger partial charge in [0.25, 0.3) is 5.56 Å². The Morgan fingerprint density at radius 1 is 1.43 bits per heavy atom. The van der Waals surface area contributed by atoms with Crippen LogP contribution in [0.3, 0.4) is 0 Å². The number of hydrogen-bond acceptors (Lipinski definition) is 5. The van der Waals surface area contributed by atoms with Crippen molar-refractivity contribution in [1.29, 1.82) is 0 Å². The van der Waals surface area contributed by atoms with E-state index in [1.165, 1.54) is 32.1 Å². The van der Waals surface area contributed by atoms with Gasteiger partial charge in [-0.05, 0) is 0 Å². The largest absolute Gasteiger partial charge is 0.394 e. The number of aliphatic hydroxyl groups is 1. The van der Waals surface area contributed by atoms with Crippen LogP contribution in [0.5, 0.6) is 0 Å². The molecule has 3 N–H and O–H groups in total. The van der Waals surface area contributed by atoms with E-state index in [0.29, 0.717) is 22.7 Å². The van der Waals surface area contributed by atoms with Crippen LogP contribution in [-0.2, 0) is 6.54 Å². The lowest BCUT2D eigenvalue weighted by Crippen LogP contribution is -3.10. The van der Waals surface area contributed by atoms with Gasteiger partial charge in [0.2, 0.25) is 0 Å². The fraction of sp³-hybridized carbons (Fsp3) is 0.615. The second-order valence-corrected chi connectivity index (χ2v) is 6.34.